The van der Waals surface area contributed by atoms with Crippen molar-refractivity contribution in [2.75, 3.05) is 5.73 Å². The first-order chi connectivity index (χ1) is 17.9. The van der Waals surface area contributed by atoms with Gasteiger partial charge in [0.2, 0.25) is 0 Å². The number of hydroxylamine groups is 6. The van der Waals surface area contributed by atoms with Crippen molar-refractivity contribution in [2.45, 2.75) is 84.1 Å². The summed E-state index contributed by atoms with van der Waals surface area (Å²) in [5.41, 5.74) is 3.89. The van der Waals surface area contributed by atoms with Gasteiger partial charge in [0, 0.05) is 10.4 Å². The zero-order valence-electron chi connectivity index (χ0n) is 23.4. The lowest BCUT2D eigenvalue weighted by molar-refractivity contribution is -0.539. The van der Waals surface area contributed by atoms with Crippen LogP contribution in [-0.4, -0.2) is 73.0 Å². The lowest BCUT2D eigenvalue weighted by atomic mass is 9.84. The van der Waals surface area contributed by atoms with E-state index in [1.165, 1.54) is 6.33 Å². The number of nitrogens with zero attached hydrogens (tertiary/aromatic N) is 8. The van der Waals surface area contributed by atoms with Crippen LogP contribution in [0.15, 0.2) is 30.9 Å². The first-order valence-electron chi connectivity index (χ1n) is 12.6. The molecule has 0 amide bonds. The van der Waals surface area contributed by atoms with Crippen LogP contribution in [0.3, 0.4) is 0 Å². The third kappa shape index (κ3) is 3.42. The van der Waals surface area contributed by atoms with Gasteiger partial charge < -0.3 is 20.7 Å². The average Bonchev–Trinajstić information content (AvgIpc) is 3.35. The van der Waals surface area contributed by atoms with Crippen LogP contribution in [0.25, 0.3) is 11.2 Å². The Bertz CT molecular complexity index is 1500. The van der Waals surface area contributed by atoms with Crippen LogP contribution in [0.4, 0.5) is 5.82 Å². The number of fused-ring (bicyclic) bond motifs is 1. The van der Waals surface area contributed by atoms with Gasteiger partial charge in [0.15, 0.2) is 22.5 Å². The van der Waals surface area contributed by atoms with Crippen LogP contribution in [0.5, 0.6) is 0 Å². The standard InChI is InChI=1S/C26H33N9O4/c1-23(2)24(3,4)33(37)21(32(23)36)16-9-15(12-31-14-30-18-19(27)28-13-29-20(18)31)10-17(11-16)22-34(38)25(5,6)26(7,8)35(22)39/h9-11,13-14H,12H2,1-8H3,(H2,27,28,29). The van der Waals surface area contributed by atoms with Gasteiger partial charge in [0.25, 0.3) is 0 Å². The lowest BCUT2D eigenvalue weighted by Crippen LogP contribution is -2.53. The molecule has 5 rings (SSSR count). The molecule has 2 aliphatic rings. The van der Waals surface area contributed by atoms with Gasteiger partial charge in [0.05, 0.1) is 24.0 Å². The van der Waals surface area contributed by atoms with E-state index in [0.29, 0.717) is 47.5 Å². The van der Waals surface area contributed by atoms with Gasteiger partial charge in [0.1, 0.15) is 22.9 Å². The third-order valence-corrected chi connectivity index (χ3v) is 9.09. The first kappa shape index (κ1) is 26.6. The van der Waals surface area contributed by atoms with Crippen LogP contribution < -0.4 is 5.73 Å². The van der Waals surface area contributed by atoms with E-state index in [4.69, 9.17) is 5.73 Å². The van der Waals surface area contributed by atoms with Gasteiger partial charge in [-0.15, -0.1) is 0 Å². The second-order valence-corrected chi connectivity index (χ2v) is 12.3. The second kappa shape index (κ2) is 8.02. The van der Waals surface area contributed by atoms with E-state index >= 15 is 0 Å². The number of amidine groups is 2. The molecule has 0 spiro atoms. The van der Waals surface area contributed by atoms with Gasteiger partial charge in [-0.25, -0.2) is 15.0 Å². The fraction of sp³-hybridized carbons (Fsp3) is 0.500. The largest absolute Gasteiger partial charge is 0.714 e. The summed E-state index contributed by atoms with van der Waals surface area (Å²) in [6, 6.07) is 4.97. The number of benzene rings is 1. The van der Waals surface area contributed by atoms with E-state index in [1.54, 1.807) is 84.5 Å². The molecule has 0 bridgehead atoms. The second-order valence-electron chi connectivity index (χ2n) is 12.3. The minimum absolute atomic E-state index is 0.0952. The molecular formula is C26H33N9O4. The Morgan fingerprint density at radius 2 is 1.28 bits per heavy atom. The predicted octanol–water partition coefficient (Wildman–Crippen LogP) is 2.41. The maximum Gasteiger partial charge on any atom is 0.316 e. The average molecular weight is 536 g/mol. The molecule has 0 fully saturated rings. The number of rotatable bonds is 4. The molecule has 13 heteroatoms. The van der Waals surface area contributed by atoms with Gasteiger partial charge in [-0.3, -0.25) is 9.48 Å². The Morgan fingerprint density at radius 1 is 0.795 bits per heavy atom. The fourth-order valence-corrected chi connectivity index (χ4v) is 4.94. The number of aromatic nitrogens is 4. The molecule has 2 radical (unpaired) electrons. The molecular weight excluding hydrogens is 502 g/mol. The zero-order valence-corrected chi connectivity index (χ0v) is 23.4. The molecule has 206 valence electrons. The normalized spacial score (nSPS) is 21.5. The maximum atomic E-state index is 13.5. The fourth-order valence-electron chi connectivity index (χ4n) is 4.94. The summed E-state index contributed by atoms with van der Waals surface area (Å²) in [4.78, 5) is 12.6. The van der Waals surface area contributed by atoms with E-state index in [9.17, 15) is 20.8 Å². The molecule has 0 unspecified atom stereocenters. The molecule has 0 aliphatic carbocycles. The number of anilines is 1. The van der Waals surface area contributed by atoms with Crippen molar-refractivity contribution in [3.8, 4) is 0 Å². The smallest absolute Gasteiger partial charge is 0.316 e. The van der Waals surface area contributed by atoms with Crippen LogP contribution in [-0.2, 0) is 17.0 Å². The van der Waals surface area contributed by atoms with E-state index in [-0.39, 0.29) is 24.0 Å². The molecule has 0 atom stereocenters. The number of nitrogen functional groups attached to an aromatic ring is 1. The van der Waals surface area contributed by atoms with Crippen LogP contribution >= 0.6 is 0 Å². The van der Waals surface area contributed by atoms with Crippen molar-refractivity contribution < 1.29 is 19.9 Å². The Morgan fingerprint density at radius 3 is 1.72 bits per heavy atom. The molecule has 4 heterocycles. The molecule has 2 aromatic heterocycles. The van der Waals surface area contributed by atoms with E-state index in [0.717, 1.165) is 0 Å². The van der Waals surface area contributed by atoms with Crippen LogP contribution in [0, 0.1) is 10.4 Å². The van der Waals surface area contributed by atoms with Gasteiger partial charge in [-0.1, -0.05) is 10.1 Å². The van der Waals surface area contributed by atoms with Gasteiger partial charge >= 0.3 is 11.7 Å². The molecule has 0 saturated heterocycles. The van der Waals surface area contributed by atoms with Crippen molar-refractivity contribution in [3.05, 3.63) is 58.0 Å². The summed E-state index contributed by atoms with van der Waals surface area (Å²) in [5, 5.41) is 55.4. The van der Waals surface area contributed by atoms with Crippen LogP contribution in [0.1, 0.15) is 72.1 Å². The predicted molar refractivity (Wildman–Crippen MR) is 142 cm³/mol. The van der Waals surface area contributed by atoms with Crippen molar-refractivity contribution in [2.24, 2.45) is 0 Å². The number of nitrogens with two attached hydrogens (primary N) is 1. The SMILES string of the molecule is CC1(C)N([O])C(c2cc(Cn3cnc4c(N)ncnc43)cc(C3=[N+]([O-])C(C)(C)C(C)(C)N3[O])c2)=[N+]([O-])C1(C)C. The first-order valence-corrected chi connectivity index (χ1v) is 12.6. The molecule has 1 aromatic carbocycles. The van der Waals surface area contributed by atoms with E-state index < -0.39 is 22.2 Å². The Balaban J connectivity index is 1.73. The highest BCUT2D eigenvalue weighted by molar-refractivity contribution is 6.01. The molecule has 0 saturated carbocycles. The van der Waals surface area contributed by atoms with E-state index in [2.05, 4.69) is 15.0 Å². The molecule has 39 heavy (non-hydrogen) atoms. The zero-order chi connectivity index (χ0) is 28.9. The highest BCUT2D eigenvalue weighted by atomic mass is 16.5. The minimum Gasteiger partial charge on any atom is -0.714 e. The minimum atomic E-state index is -1.05. The highest BCUT2D eigenvalue weighted by Crippen LogP contribution is 2.40. The molecule has 3 aromatic rings. The van der Waals surface area contributed by atoms with Crippen molar-refractivity contribution >= 4 is 28.7 Å². The van der Waals surface area contributed by atoms with Crippen molar-refractivity contribution in [1.29, 1.82) is 0 Å². The summed E-state index contributed by atoms with van der Waals surface area (Å²) in [6.45, 7) is 13.9. The summed E-state index contributed by atoms with van der Waals surface area (Å²) < 4.78 is 3.16. The summed E-state index contributed by atoms with van der Waals surface area (Å²) >= 11 is 0. The summed E-state index contributed by atoms with van der Waals surface area (Å²) in [7, 11) is 0. The maximum absolute atomic E-state index is 13.5. The Labute approximate surface area is 226 Å². The quantitative estimate of drug-likeness (QED) is 0.392. The Hall–Kier alpha value is -3.97. The van der Waals surface area contributed by atoms with E-state index in [1.807, 2.05) is 0 Å². The summed E-state index contributed by atoms with van der Waals surface area (Å²) in [5.74, 6) is 0.0440. The highest BCUT2D eigenvalue weighted by Gasteiger charge is 2.61. The van der Waals surface area contributed by atoms with Gasteiger partial charge in [-0.2, -0.15) is 0 Å². The molecule has 13 nitrogen and oxygen atoms in total. The van der Waals surface area contributed by atoms with Crippen molar-refractivity contribution in [3.63, 3.8) is 0 Å². The molecule has 2 N–H and O–H groups in total. The lowest BCUT2D eigenvalue weighted by Gasteiger charge is -2.32. The topological polar surface area (TPSA) is 168 Å². The monoisotopic (exact) mass is 535 g/mol. The van der Waals surface area contributed by atoms with Gasteiger partial charge in [-0.05, 0) is 79.2 Å². The van der Waals surface area contributed by atoms with Crippen LogP contribution in [0.2, 0.25) is 0 Å². The number of hydrogen-bond donors (Lipinski definition) is 1. The number of imidazole rings is 1. The molecule has 2 aliphatic heterocycles. The third-order valence-electron chi connectivity index (χ3n) is 9.09. The summed E-state index contributed by atoms with van der Waals surface area (Å²) in [6.07, 6.45) is 2.90. The Kier molecular flexibility index (Phi) is 5.48. The van der Waals surface area contributed by atoms with Crippen molar-refractivity contribution in [1.82, 2.24) is 29.6 Å². The number of hydrogen-bond acceptors (Lipinski definition) is 8.